The molecule has 0 atom stereocenters. The molecular formula is C18H10F3S2+. The van der Waals surface area contributed by atoms with E-state index in [1.807, 2.05) is 48.5 Å². The summed E-state index contributed by atoms with van der Waals surface area (Å²) in [6.45, 7) is 0. The molecule has 0 saturated carbocycles. The Morgan fingerprint density at radius 2 is 1.17 bits per heavy atom. The van der Waals surface area contributed by atoms with Crippen molar-refractivity contribution in [1.29, 1.82) is 0 Å². The van der Waals surface area contributed by atoms with Gasteiger partial charge >= 0.3 is 0 Å². The van der Waals surface area contributed by atoms with Crippen LogP contribution in [0.2, 0.25) is 0 Å². The van der Waals surface area contributed by atoms with Crippen molar-refractivity contribution < 1.29 is 13.2 Å². The molecule has 0 unspecified atom stereocenters. The zero-order chi connectivity index (χ0) is 16.0. The van der Waals surface area contributed by atoms with Crippen LogP contribution in [0.5, 0.6) is 0 Å². The summed E-state index contributed by atoms with van der Waals surface area (Å²) in [7, 11) is -0.927. The topological polar surface area (TPSA) is 0 Å². The molecule has 0 nitrogen and oxygen atoms in total. The molecule has 0 bridgehead atoms. The fourth-order valence-corrected chi connectivity index (χ4v) is 6.36. The highest BCUT2D eigenvalue weighted by Gasteiger charge is 2.42. The molecule has 23 heavy (non-hydrogen) atoms. The predicted molar refractivity (Wildman–Crippen MR) is 85.5 cm³/mol. The smallest absolute Gasteiger partial charge is 0.207 e. The van der Waals surface area contributed by atoms with Crippen LogP contribution < -0.4 is 0 Å². The van der Waals surface area contributed by atoms with Gasteiger partial charge in [-0.1, -0.05) is 36.0 Å². The second-order valence-corrected chi connectivity index (χ2v) is 7.98. The summed E-state index contributed by atoms with van der Waals surface area (Å²) in [6, 6.07) is 16.6. The molecule has 1 aliphatic rings. The van der Waals surface area contributed by atoms with E-state index >= 15 is 0 Å². The SMILES string of the molecule is Fc1cc(F)c([S+]2c3ccccc3Sc3ccccc32)c(F)c1. The van der Waals surface area contributed by atoms with Crippen molar-refractivity contribution in [3.05, 3.63) is 78.1 Å². The summed E-state index contributed by atoms with van der Waals surface area (Å²) in [6.07, 6.45) is 0. The van der Waals surface area contributed by atoms with Gasteiger partial charge in [-0.2, -0.15) is 0 Å². The van der Waals surface area contributed by atoms with Crippen molar-refractivity contribution in [2.75, 3.05) is 0 Å². The van der Waals surface area contributed by atoms with Crippen LogP contribution in [0.4, 0.5) is 13.2 Å². The highest BCUT2D eigenvalue weighted by atomic mass is 32.2. The lowest BCUT2D eigenvalue weighted by Crippen LogP contribution is -2.14. The molecule has 3 aromatic rings. The highest BCUT2D eigenvalue weighted by molar-refractivity contribution is 8.04. The molecule has 0 saturated heterocycles. The highest BCUT2D eigenvalue weighted by Crippen LogP contribution is 2.48. The molecule has 0 amide bonds. The second kappa shape index (κ2) is 5.65. The predicted octanol–water partition coefficient (Wildman–Crippen LogP) is 5.66. The molecule has 0 spiro atoms. The molecule has 1 heterocycles. The summed E-state index contributed by atoms with van der Waals surface area (Å²) in [4.78, 5) is 3.59. The lowest BCUT2D eigenvalue weighted by atomic mass is 10.3. The van der Waals surface area contributed by atoms with E-state index in [9.17, 15) is 13.2 Å². The third kappa shape index (κ3) is 2.44. The monoisotopic (exact) mass is 347 g/mol. The maximum absolute atomic E-state index is 14.4. The summed E-state index contributed by atoms with van der Waals surface area (Å²) >= 11 is 1.58. The van der Waals surface area contributed by atoms with Crippen LogP contribution in [0, 0.1) is 17.5 Å². The Morgan fingerprint density at radius 3 is 1.70 bits per heavy atom. The van der Waals surface area contributed by atoms with Crippen LogP contribution in [0.25, 0.3) is 0 Å². The zero-order valence-electron chi connectivity index (χ0n) is 11.7. The Morgan fingerprint density at radius 1 is 0.696 bits per heavy atom. The number of fused-ring (bicyclic) bond motifs is 2. The fraction of sp³-hybridized carbons (Fsp3) is 0. The van der Waals surface area contributed by atoms with Crippen LogP contribution in [-0.2, 0) is 10.9 Å². The summed E-state index contributed by atoms with van der Waals surface area (Å²) in [5.41, 5.74) is 0. The Hall–Kier alpha value is -1.85. The van der Waals surface area contributed by atoms with E-state index in [2.05, 4.69) is 0 Å². The third-order valence-electron chi connectivity index (χ3n) is 3.53. The van der Waals surface area contributed by atoms with E-state index in [0.29, 0.717) is 0 Å². The van der Waals surface area contributed by atoms with E-state index in [0.717, 1.165) is 31.7 Å². The van der Waals surface area contributed by atoms with E-state index in [1.54, 1.807) is 11.8 Å². The van der Waals surface area contributed by atoms with Crippen molar-refractivity contribution in [1.82, 2.24) is 0 Å². The molecule has 0 aliphatic carbocycles. The van der Waals surface area contributed by atoms with Gasteiger partial charge < -0.3 is 0 Å². The number of hydrogen-bond donors (Lipinski definition) is 0. The lowest BCUT2D eigenvalue weighted by molar-refractivity contribution is 0.509. The van der Waals surface area contributed by atoms with Crippen LogP contribution in [-0.4, -0.2) is 0 Å². The van der Waals surface area contributed by atoms with Crippen molar-refractivity contribution in [3.8, 4) is 0 Å². The first-order valence-electron chi connectivity index (χ1n) is 6.90. The van der Waals surface area contributed by atoms with Crippen LogP contribution in [0.3, 0.4) is 0 Å². The molecule has 0 N–H and O–H groups in total. The molecule has 5 heteroatoms. The maximum Gasteiger partial charge on any atom is 0.237 e. The third-order valence-corrected chi connectivity index (χ3v) is 7.33. The molecule has 3 aromatic carbocycles. The molecular weight excluding hydrogens is 337 g/mol. The molecule has 0 aromatic heterocycles. The van der Waals surface area contributed by atoms with Crippen LogP contribution in [0.1, 0.15) is 0 Å². The van der Waals surface area contributed by atoms with Gasteiger partial charge in [-0.3, -0.25) is 0 Å². The van der Waals surface area contributed by atoms with Gasteiger partial charge in [0.15, 0.2) is 21.4 Å². The van der Waals surface area contributed by atoms with Crippen LogP contribution in [0.15, 0.2) is 85.1 Å². The van der Waals surface area contributed by atoms with E-state index in [4.69, 9.17) is 0 Å². The van der Waals surface area contributed by atoms with Gasteiger partial charge in [-0.15, -0.1) is 0 Å². The number of benzene rings is 3. The Labute approximate surface area is 138 Å². The van der Waals surface area contributed by atoms with Crippen LogP contribution >= 0.6 is 11.8 Å². The number of hydrogen-bond acceptors (Lipinski definition) is 1. The van der Waals surface area contributed by atoms with Gasteiger partial charge in [-0.05, 0) is 24.3 Å². The van der Waals surface area contributed by atoms with Crippen molar-refractivity contribution in [2.45, 2.75) is 24.5 Å². The Kier molecular flexibility index (Phi) is 3.62. The van der Waals surface area contributed by atoms with Gasteiger partial charge in [0.1, 0.15) is 16.7 Å². The first-order chi connectivity index (χ1) is 11.1. The lowest BCUT2D eigenvalue weighted by Gasteiger charge is -2.19. The summed E-state index contributed by atoms with van der Waals surface area (Å²) in [5.74, 6) is -2.59. The summed E-state index contributed by atoms with van der Waals surface area (Å²) in [5, 5.41) is 0. The number of rotatable bonds is 1. The average Bonchev–Trinajstić information content (AvgIpc) is 2.53. The average molecular weight is 347 g/mol. The Bertz CT molecular complexity index is 840. The van der Waals surface area contributed by atoms with Gasteiger partial charge in [0.2, 0.25) is 4.90 Å². The second-order valence-electron chi connectivity index (χ2n) is 5.00. The van der Waals surface area contributed by atoms with Gasteiger partial charge in [0.05, 0.1) is 9.79 Å². The van der Waals surface area contributed by atoms with Crippen molar-refractivity contribution in [2.24, 2.45) is 0 Å². The van der Waals surface area contributed by atoms with Gasteiger partial charge in [0, 0.05) is 12.1 Å². The minimum Gasteiger partial charge on any atom is -0.207 e. The molecule has 0 fully saturated rings. The molecule has 114 valence electrons. The minimum atomic E-state index is -0.927. The standard InChI is InChI=1S/C18H10F3S2/c19-11-9-12(20)18(13(21)10-11)23-16-7-3-1-5-14(16)22-15-6-2-4-8-17(15)23/h1-10H/q+1. The van der Waals surface area contributed by atoms with E-state index in [1.165, 1.54) is 0 Å². The van der Waals surface area contributed by atoms with Crippen molar-refractivity contribution in [3.63, 3.8) is 0 Å². The molecule has 0 radical (unpaired) electrons. The number of halogens is 3. The zero-order valence-corrected chi connectivity index (χ0v) is 13.4. The van der Waals surface area contributed by atoms with Crippen molar-refractivity contribution >= 4 is 22.7 Å². The minimum absolute atomic E-state index is 0.0772. The normalized spacial score (nSPS) is 13.5. The van der Waals surface area contributed by atoms with Gasteiger partial charge in [0.25, 0.3) is 0 Å². The maximum atomic E-state index is 14.4. The molecule has 4 rings (SSSR count). The summed E-state index contributed by atoms with van der Waals surface area (Å²) < 4.78 is 42.1. The van der Waals surface area contributed by atoms with Gasteiger partial charge in [-0.25, -0.2) is 13.2 Å². The van der Waals surface area contributed by atoms with E-state index < -0.39 is 28.3 Å². The van der Waals surface area contributed by atoms with E-state index in [-0.39, 0.29) is 4.90 Å². The first-order valence-corrected chi connectivity index (χ1v) is 8.94. The first kappa shape index (κ1) is 14.7. The quantitative estimate of drug-likeness (QED) is 0.400. The fourth-order valence-electron chi connectivity index (χ4n) is 2.59. The Balaban J connectivity index is 2.02. The largest absolute Gasteiger partial charge is 0.237 e. The molecule has 1 aliphatic heterocycles.